The van der Waals surface area contributed by atoms with E-state index in [1.807, 2.05) is 0 Å². The molecule has 11 heteroatoms. The lowest BCUT2D eigenvalue weighted by molar-refractivity contribution is -0.165. The number of amidine groups is 1. The van der Waals surface area contributed by atoms with Crippen LogP contribution < -0.4 is 16.4 Å². The highest BCUT2D eigenvalue weighted by Gasteiger charge is 2.49. The molecular formula is C23H26N6O5. The van der Waals surface area contributed by atoms with Gasteiger partial charge in [0.2, 0.25) is 5.91 Å². The molecule has 1 unspecified atom stereocenters. The zero-order valence-corrected chi connectivity index (χ0v) is 18.4. The summed E-state index contributed by atoms with van der Waals surface area (Å²) < 4.78 is 0. The molecule has 1 aromatic carbocycles. The van der Waals surface area contributed by atoms with Crippen LogP contribution in [0.5, 0.6) is 0 Å². The summed E-state index contributed by atoms with van der Waals surface area (Å²) in [5.41, 5.74) is 5.35. The number of nitrogens with two attached hydrogens (primary N) is 1. The summed E-state index contributed by atoms with van der Waals surface area (Å²) in [6.07, 6.45) is 3.15. The number of aromatic nitrogens is 1. The minimum Gasteiger partial charge on any atom is -0.479 e. The number of nitrogens with one attached hydrogen (secondary N) is 3. The van der Waals surface area contributed by atoms with Crippen molar-refractivity contribution in [1.82, 2.24) is 15.2 Å². The molecule has 0 bridgehead atoms. The number of hydrogen-bond acceptors (Lipinski definition) is 6. The fourth-order valence-electron chi connectivity index (χ4n) is 3.94. The van der Waals surface area contributed by atoms with Crippen LogP contribution in [0.25, 0.3) is 0 Å². The molecule has 2 heterocycles. The molecule has 3 amide bonds. The van der Waals surface area contributed by atoms with Gasteiger partial charge in [-0.3, -0.25) is 24.8 Å². The lowest BCUT2D eigenvalue weighted by Gasteiger charge is -2.42. The van der Waals surface area contributed by atoms with E-state index in [0.29, 0.717) is 16.8 Å². The molecule has 34 heavy (non-hydrogen) atoms. The van der Waals surface area contributed by atoms with E-state index < -0.39 is 23.3 Å². The number of carbonyl (C=O) groups excluding carboxylic acids is 3. The number of pyridine rings is 1. The van der Waals surface area contributed by atoms with Crippen LogP contribution in [0.3, 0.4) is 0 Å². The Balaban J connectivity index is 1.74. The van der Waals surface area contributed by atoms with Crippen LogP contribution in [0.1, 0.15) is 30.4 Å². The minimum absolute atomic E-state index is 0.00472. The van der Waals surface area contributed by atoms with Crippen molar-refractivity contribution < 1.29 is 24.3 Å². The summed E-state index contributed by atoms with van der Waals surface area (Å²) in [6.45, 7) is 0.190. The zero-order valence-electron chi connectivity index (χ0n) is 18.4. The summed E-state index contributed by atoms with van der Waals surface area (Å²) in [6, 6.07) is 9.81. The molecule has 1 atom stereocenters. The first kappa shape index (κ1) is 24.4. The first-order valence-electron chi connectivity index (χ1n) is 10.7. The number of benzene rings is 1. The molecule has 6 N–H and O–H groups in total. The van der Waals surface area contributed by atoms with Gasteiger partial charge in [-0.05, 0) is 48.7 Å². The molecule has 0 saturated carbocycles. The smallest absolute Gasteiger partial charge is 0.329 e. The van der Waals surface area contributed by atoms with Gasteiger partial charge in [-0.25, -0.2) is 4.79 Å². The van der Waals surface area contributed by atoms with Crippen molar-refractivity contribution >= 4 is 35.2 Å². The van der Waals surface area contributed by atoms with E-state index in [1.54, 1.807) is 42.6 Å². The number of rotatable bonds is 10. The molecule has 1 aromatic heterocycles. The Kier molecular flexibility index (Phi) is 7.57. The molecule has 2 aromatic rings. The van der Waals surface area contributed by atoms with E-state index in [-0.39, 0.29) is 50.5 Å². The third-order valence-electron chi connectivity index (χ3n) is 5.67. The Morgan fingerprint density at radius 1 is 1.24 bits per heavy atom. The minimum atomic E-state index is -1.71. The Morgan fingerprint density at radius 2 is 1.97 bits per heavy atom. The average Bonchev–Trinajstić information content (AvgIpc) is 2.81. The van der Waals surface area contributed by atoms with E-state index in [1.165, 1.54) is 6.20 Å². The highest BCUT2D eigenvalue weighted by atomic mass is 16.4. The molecule has 3 rings (SSSR count). The molecule has 1 aliphatic heterocycles. The van der Waals surface area contributed by atoms with E-state index in [2.05, 4.69) is 15.6 Å². The molecule has 1 saturated heterocycles. The monoisotopic (exact) mass is 466 g/mol. The first-order valence-corrected chi connectivity index (χ1v) is 10.7. The van der Waals surface area contributed by atoms with Gasteiger partial charge in [-0.15, -0.1) is 0 Å². The largest absolute Gasteiger partial charge is 0.479 e. The average molecular weight is 466 g/mol. The van der Waals surface area contributed by atoms with Gasteiger partial charge in [0.15, 0.2) is 0 Å². The summed E-state index contributed by atoms with van der Waals surface area (Å²) in [5.74, 6) is -3.43. The molecule has 11 nitrogen and oxygen atoms in total. The molecule has 0 spiro atoms. The Bertz CT molecular complexity index is 1090. The quantitative estimate of drug-likeness (QED) is 0.192. The number of carbonyl (C=O) groups is 4. The highest BCUT2D eigenvalue weighted by molar-refractivity contribution is 6.36. The van der Waals surface area contributed by atoms with Crippen molar-refractivity contribution in [3.05, 3.63) is 59.9 Å². The lowest BCUT2D eigenvalue weighted by atomic mass is 9.83. The number of aliphatic carboxylic acids is 1. The number of carboxylic acid groups (broad SMARTS) is 1. The van der Waals surface area contributed by atoms with Crippen molar-refractivity contribution in [1.29, 1.82) is 5.41 Å². The van der Waals surface area contributed by atoms with E-state index in [0.717, 1.165) is 4.90 Å². The van der Waals surface area contributed by atoms with Crippen molar-refractivity contribution in [3.63, 3.8) is 0 Å². The standard InChI is InChI=1S/C23H26N6O5/c24-19(25)16-5-7-17(8-6-16)28-18(30)4-1-9-23(22(33)34,13-15-3-2-10-26-14-15)29-12-11-27-20(31)21(29)32/h2-3,5-8,10,14H,1,4,9,11-13H2,(H3,24,25)(H,27,31)(H,28,30)(H,33,34). The van der Waals surface area contributed by atoms with Gasteiger partial charge in [0.25, 0.3) is 0 Å². The third kappa shape index (κ3) is 5.55. The molecule has 178 valence electrons. The van der Waals surface area contributed by atoms with Crippen LogP contribution in [0.4, 0.5) is 5.69 Å². The van der Waals surface area contributed by atoms with Crippen LogP contribution in [0, 0.1) is 5.41 Å². The zero-order chi connectivity index (χ0) is 24.7. The molecule has 1 aliphatic rings. The van der Waals surface area contributed by atoms with Gasteiger partial charge < -0.3 is 26.4 Å². The Labute approximate surface area is 195 Å². The number of nitrogen functional groups attached to an aromatic ring is 1. The number of anilines is 1. The predicted molar refractivity (Wildman–Crippen MR) is 123 cm³/mol. The van der Waals surface area contributed by atoms with Crippen molar-refractivity contribution in [3.8, 4) is 0 Å². The van der Waals surface area contributed by atoms with Gasteiger partial charge in [0.05, 0.1) is 0 Å². The number of piperazine rings is 1. The number of nitrogens with zero attached hydrogens (tertiary/aromatic N) is 2. The van der Waals surface area contributed by atoms with E-state index >= 15 is 0 Å². The summed E-state index contributed by atoms with van der Waals surface area (Å²) in [4.78, 5) is 54.7. The molecule has 0 radical (unpaired) electrons. The van der Waals surface area contributed by atoms with Gasteiger partial charge in [-0.2, -0.15) is 0 Å². The van der Waals surface area contributed by atoms with Crippen molar-refractivity contribution in [2.75, 3.05) is 18.4 Å². The predicted octanol–water partition coefficient (Wildman–Crippen LogP) is 0.499. The van der Waals surface area contributed by atoms with E-state index in [4.69, 9.17) is 11.1 Å². The summed E-state index contributed by atoms with van der Waals surface area (Å²) in [5, 5.41) is 22.8. The molecular weight excluding hydrogens is 440 g/mol. The highest BCUT2D eigenvalue weighted by Crippen LogP contribution is 2.29. The second-order valence-electron chi connectivity index (χ2n) is 7.98. The number of amides is 3. The van der Waals surface area contributed by atoms with E-state index in [9.17, 15) is 24.3 Å². The summed E-state index contributed by atoms with van der Waals surface area (Å²) >= 11 is 0. The van der Waals surface area contributed by atoms with Crippen LogP contribution in [-0.4, -0.2) is 63.1 Å². The maximum Gasteiger partial charge on any atom is 0.329 e. The molecule has 0 aliphatic carbocycles. The fourth-order valence-corrected chi connectivity index (χ4v) is 3.94. The van der Waals surface area contributed by atoms with Gasteiger partial charge in [0.1, 0.15) is 11.4 Å². The van der Waals surface area contributed by atoms with Crippen LogP contribution in [-0.2, 0) is 25.6 Å². The molecule has 1 fully saturated rings. The second kappa shape index (κ2) is 10.6. The van der Waals surface area contributed by atoms with Gasteiger partial charge in [-0.1, -0.05) is 6.07 Å². The SMILES string of the molecule is N=C(N)c1ccc(NC(=O)CCCC(Cc2cccnc2)(C(=O)O)N2CCNC(=O)C2=O)cc1. The van der Waals surface area contributed by atoms with Gasteiger partial charge in [0, 0.05) is 49.6 Å². The first-order chi connectivity index (χ1) is 16.2. The Hall–Kier alpha value is -4.28. The third-order valence-corrected chi connectivity index (χ3v) is 5.67. The van der Waals surface area contributed by atoms with Crippen LogP contribution >= 0.6 is 0 Å². The fraction of sp³-hybridized carbons (Fsp3) is 0.304. The maximum atomic E-state index is 12.6. The number of carboxylic acids is 1. The van der Waals surface area contributed by atoms with Crippen molar-refractivity contribution in [2.24, 2.45) is 5.73 Å². The normalized spacial score (nSPS) is 15.2. The van der Waals surface area contributed by atoms with Crippen molar-refractivity contribution in [2.45, 2.75) is 31.2 Å². The topological polar surface area (TPSA) is 179 Å². The summed E-state index contributed by atoms with van der Waals surface area (Å²) in [7, 11) is 0. The lowest BCUT2D eigenvalue weighted by Crippen LogP contribution is -2.65. The van der Waals surface area contributed by atoms with Gasteiger partial charge >= 0.3 is 17.8 Å². The maximum absolute atomic E-state index is 12.6. The second-order valence-corrected chi connectivity index (χ2v) is 7.98. The Morgan fingerprint density at radius 3 is 2.59 bits per heavy atom. The number of hydrogen-bond donors (Lipinski definition) is 5. The van der Waals surface area contributed by atoms with Crippen LogP contribution in [0.2, 0.25) is 0 Å². The van der Waals surface area contributed by atoms with Crippen LogP contribution in [0.15, 0.2) is 48.8 Å².